The van der Waals surface area contributed by atoms with Crippen LogP contribution >= 0.6 is 0 Å². The molecule has 0 spiro atoms. The molecule has 33 heteroatoms. The van der Waals surface area contributed by atoms with Crippen LogP contribution in [0.4, 0.5) is 24.0 Å². The molecule has 712 valence electrons. The van der Waals surface area contributed by atoms with Gasteiger partial charge in [-0.05, 0) is 255 Å². The first-order chi connectivity index (χ1) is 57.7. The van der Waals surface area contributed by atoms with E-state index in [9.17, 15) is 52.7 Å². The second kappa shape index (κ2) is 52.0. The van der Waals surface area contributed by atoms with Crippen molar-refractivity contribution >= 4 is 91.5 Å². The molecule has 4 aliphatic rings. The average molecular weight is 1810 g/mol. The summed E-state index contributed by atoms with van der Waals surface area (Å²) in [6, 6.07) is 0.106. The van der Waals surface area contributed by atoms with E-state index in [1.807, 2.05) is 0 Å². The Labute approximate surface area is 743 Å². The summed E-state index contributed by atoms with van der Waals surface area (Å²) in [6.45, 7) is 49.2. The van der Waals surface area contributed by atoms with Crippen molar-refractivity contribution in [3.63, 3.8) is 0 Å². The van der Waals surface area contributed by atoms with E-state index in [1.54, 1.807) is 0 Å². The monoisotopic (exact) mass is 1810 g/mol. The maximum absolute atomic E-state index is 13.9. The van der Waals surface area contributed by atoms with Gasteiger partial charge in [0.25, 0.3) is 0 Å². The zero-order valence-corrected chi connectivity index (χ0v) is 82.2. The number of unbranched alkanes of at least 4 members (excludes halogenated alkanes) is 5. The highest BCUT2D eigenvalue weighted by atomic mass is 28.5. The van der Waals surface area contributed by atoms with Crippen molar-refractivity contribution in [3.05, 3.63) is 25.3 Å². The molecule has 0 aromatic rings. The molecule has 4 fully saturated rings. The number of carbonyl (C=O) groups excluding carboxylic acids is 11. The first-order valence-electron chi connectivity index (χ1n) is 45.4. The Morgan fingerprint density at radius 1 is 0.363 bits per heavy atom. The lowest BCUT2D eigenvalue weighted by Crippen LogP contribution is -2.52. The third-order valence-electron chi connectivity index (χ3n) is 22.9. The standard InChI is InChI=1S/C91H160N4O26Si3/c1-22-73(96)108-47-32-48-114-81(104)94-70-56-86(7,8)65-90(13,59-70)39-36-77(100)119-72(61-107-40-33-51-124(21,120-122(15,16)17)121-123(18,19)20)62-118-82(105)95-71-57-87(9,10)64-89(12,60-71)38-35-76(99)110-42-27-25-29-46-117-83(106)116-45-28-24-26-41-109-75(98)34-37-88(11)58-69(55-85(5,6)63-88)93-80(103)113-44-31-30-43-111-78(101)52-68-53-84(3,4)66-91(14,54-68)67-92-79(102)115-50-49-112-74(97)23-2/h22-23,68-72H,1-2,24-67H2,3-21H3,(H,92,102)(H,93,103)(H,94,104)(H,95,105). The second-order valence-electron chi connectivity index (χ2n) is 42.1. The molecule has 4 rings (SSSR count). The quantitative estimate of drug-likeness (QED) is 0.0144. The number of nitrogens with one attached hydrogen (secondary N) is 4. The van der Waals surface area contributed by atoms with E-state index in [4.69, 9.17) is 69.8 Å². The number of ether oxygens (including phenoxy) is 13. The van der Waals surface area contributed by atoms with Crippen molar-refractivity contribution in [2.45, 2.75) is 345 Å². The minimum Gasteiger partial charge on any atom is -0.466 e. The molecule has 4 amide bonds. The van der Waals surface area contributed by atoms with Gasteiger partial charge in [-0.3, -0.25) is 19.2 Å². The molecule has 9 atom stereocenters. The predicted octanol–water partition coefficient (Wildman–Crippen LogP) is 18.1. The van der Waals surface area contributed by atoms with Crippen LogP contribution in [0.1, 0.15) is 269 Å². The normalized spacial score (nSPS) is 23.5. The molecule has 0 saturated heterocycles. The van der Waals surface area contributed by atoms with Gasteiger partial charge in [-0.15, -0.1) is 0 Å². The molecule has 0 bridgehead atoms. The van der Waals surface area contributed by atoms with Crippen molar-refractivity contribution in [1.29, 1.82) is 0 Å². The first kappa shape index (κ1) is 110. The number of alkyl carbamates (subject to hydrolysis) is 4. The van der Waals surface area contributed by atoms with Gasteiger partial charge in [0.2, 0.25) is 0 Å². The van der Waals surface area contributed by atoms with Gasteiger partial charge >= 0.3 is 74.9 Å². The zero-order valence-electron chi connectivity index (χ0n) is 79.2. The summed E-state index contributed by atoms with van der Waals surface area (Å²) in [4.78, 5) is 140. The van der Waals surface area contributed by atoms with E-state index in [0.29, 0.717) is 122 Å². The number of carbonyl (C=O) groups is 11. The van der Waals surface area contributed by atoms with E-state index in [-0.39, 0.29) is 190 Å². The van der Waals surface area contributed by atoms with Crippen LogP contribution in [-0.4, -0.2) is 208 Å². The minimum atomic E-state index is -2.54. The van der Waals surface area contributed by atoms with E-state index in [0.717, 1.165) is 69.6 Å². The number of hydrogen-bond acceptors (Lipinski definition) is 26. The summed E-state index contributed by atoms with van der Waals surface area (Å²) >= 11 is 0. The third kappa shape index (κ3) is 48.9. The van der Waals surface area contributed by atoms with Crippen LogP contribution in [0.3, 0.4) is 0 Å². The number of rotatable bonds is 55. The molecule has 0 radical (unpaired) electrons. The van der Waals surface area contributed by atoms with E-state index in [1.165, 1.54) is 0 Å². The predicted molar refractivity (Wildman–Crippen MR) is 478 cm³/mol. The SMILES string of the molecule is C=CC(=O)OCCCOC(=O)NC1CC(C)(C)CC(C)(CCC(=O)OC(COCCC[Si](C)(O[Si](C)(C)C)O[Si](C)(C)C)COC(=O)NC2CC(C)(C)CC(C)(CCC(=O)OCCCCCOC(=O)OCCCCCOC(=O)CCC3(C)CC(NC(=O)OCCCCOC(=O)CC4CC(C)(C)CC(C)(CNC(=O)OCCOC(=O)C=C)C4)CC(C)(C)C3)C2)C1. The van der Waals surface area contributed by atoms with Crippen molar-refractivity contribution < 1.29 is 123 Å². The lowest BCUT2D eigenvalue weighted by Gasteiger charge is -2.46. The molecule has 4 aliphatic carbocycles. The number of hydrogen-bond donors (Lipinski definition) is 4. The fourth-order valence-electron chi connectivity index (χ4n) is 20.0. The fraction of sp³-hybridized carbons (Fsp3) is 0.835. The average Bonchev–Trinajstić information content (AvgIpc) is 0.807. The lowest BCUT2D eigenvalue weighted by molar-refractivity contribution is -0.156. The maximum Gasteiger partial charge on any atom is 0.508 e. The summed E-state index contributed by atoms with van der Waals surface area (Å²) in [5.41, 5.74) is -1.64. The highest BCUT2D eigenvalue weighted by Crippen LogP contribution is 2.53. The van der Waals surface area contributed by atoms with Crippen LogP contribution in [0, 0.1) is 49.2 Å². The lowest BCUT2D eigenvalue weighted by atomic mass is 9.60. The summed E-state index contributed by atoms with van der Waals surface area (Å²) in [5.74, 6) is -2.42. The molecule has 9 unspecified atom stereocenters. The summed E-state index contributed by atoms with van der Waals surface area (Å²) in [5, 5.41) is 12.0. The molecule has 4 saturated carbocycles. The van der Waals surface area contributed by atoms with Crippen LogP contribution in [0.15, 0.2) is 25.3 Å². The molecular weight excluding hydrogens is 1650 g/mol. The van der Waals surface area contributed by atoms with Gasteiger partial charge in [-0.25, -0.2) is 33.6 Å². The maximum atomic E-state index is 13.9. The van der Waals surface area contributed by atoms with E-state index >= 15 is 0 Å². The van der Waals surface area contributed by atoms with Crippen molar-refractivity contribution in [3.8, 4) is 0 Å². The largest absolute Gasteiger partial charge is 0.508 e. The third-order valence-corrected chi connectivity index (χ3v) is 32.6. The number of amides is 4. The number of esters is 6. The van der Waals surface area contributed by atoms with Gasteiger partial charge in [0.05, 0.1) is 59.5 Å². The Hall–Kier alpha value is -6.82. The van der Waals surface area contributed by atoms with Gasteiger partial charge in [0.1, 0.15) is 19.8 Å². The molecule has 0 aromatic heterocycles. The molecule has 4 N–H and O–H groups in total. The van der Waals surface area contributed by atoms with E-state index in [2.05, 4.69) is 163 Å². The molecule has 30 nitrogen and oxygen atoms in total. The summed E-state index contributed by atoms with van der Waals surface area (Å²) < 4.78 is 84.8. The van der Waals surface area contributed by atoms with Crippen LogP contribution in [-0.2, 0) is 98.6 Å². The minimum absolute atomic E-state index is 0.00888. The van der Waals surface area contributed by atoms with Gasteiger partial charge in [-0.1, -0.05) is 96.2 Å². The molecule has 124 heavy (non-hydrogen) atoms. The smallest absolute Gasteiger partial charge is 0.466 e. The van der Waals surface area contributed by atoms with Gasteiger partial charge in [0.15, 0.2) is 22.7 Å². The van der Waals surface area contributed by atoms with Crippen LogP contribution in [0.2, 0.25) is 51.9 Å². The highest BCUT2D eigenvalue weighted by Gasteiger charge is 2.47. The van der Waals surface area contributed by atoms with E-state index < -0.39 is 79.7 Å². The van der Waals surface area contributed by atoms with Crippen molar-refractivity contribution in [2.75, 3.05) is 92.4 Å². The molecular formula is C91H160N4O26Si3. The van der Waals surface area contributed by atoms with Gasteiger partial charge in [-0.2, -0.15) is 0 Å². The van der Waals surface area contributed by atoms with Crippen LogP contribution in [0.5, 0.6) is 0 Å². The second-order valence-corrected chi connectivity index (χ2v) is 54.9. The van der Waals surface area contributed by atoms with Crippen LogP contribution < -0.4 is 21.3 Å². The zero-order chi connectivity index (χ0) is 92.7. The Kier molecular flexibility index (Phi) is 45.9. The van der Waals surface area contributed by atoms with Gasteiger partial charge in [0, 0.05) is 75.5 Å². The highest BCUT2D eigenvalue weighted by molar-refractivity contribution is 6.87. The Morgan fingerprint density at radius 3 is 1.18 bits per heavy atom. The Bertz CT molecular complexity index is 3380. The van der Waals surface area contributed by atoms with Gasteiger partial charge < -0.3 is 91.1 Å². The molecule has 0 aromatic carbocycles. The molecule has 0 aliphatic heterocycles. The Balaban J connectivity index is 1.08. The first-order valence-corrected chi connectivity index (χ1v) is 54.8. The summed E-state index contributed by atoms with van der Waals surface area (Å²) in [6.07, 6.45) is 15.2. The molecule has 0 heterocycles. The van der Waals surface area contributed by atoms with Crippen LogP contribution in [0.25, 0.3) is 0 Å². The van der Waals surface area contributed by atoms with Crippen molar-refractivity contribution in [1.82, 2.24) is 21.3 Å². The summed E-state index contributed by atoms with van der Waals surface area (Å²) in [7, 11) is -6.41. The van der Waals surface area contributed by atoms with Crippen molar-refractivity contribution in [2.24, 2.45) is 49.2 Å². The fourth-order valence-corrected chi connectivity index (χ4v) is 32.5. The Morgan fingerprint density at radius 2 is 0.726 bits per heavy atom. The topological polar surface area (TPSA) is 374 Å².